The molecule has 1 heterocycles. The maximum atomic E-state index is 6.49. The average Bonchev–Trinajstić information content (AvgIpc) is 3.58. The van der Waals surface area contributed by atoms with Gasteiger partial charge in [-0.3, -0.25) is 0 Å². The van der Waals surface area contributed by atoms with E-state index in [1.54, 1.807) is 0 Å². The van der Waals surface area contributed by atoms with E-state index in [0.29, 0.717) is 0 Å². The Bertz CT molecular complexity index is 3110. The lowest BCUT2D eigenvalue weighted by Crippen LogP contribution is -2.55. The molecule has 0 amide bonds. The van der Waals surface area contributed by atoms with E-state index in [1.807, 2.05) is 0 Å². The van der Waals surface area contributed by atoms with Gasteiger partial charge in [0.15, 0.2) is 0 Å². The molecule has 1 nitrogen and oxygen atoms in total. The first-order valence-corrected chi connectivity index (χ1v) is 20.2. The normalized spacial score (nSPS) is 11.8. The molecule has 0 spiro atoms. The zero-order valence-electron chi connectivity index (χ0n) is 35.4. The molecule has 0 aliphatic rings. The summed E-state index contributed by atoms with van der Waals surface area (Å²) in [6.07, 6.45) is 0. The van der Waals surface area contributed by atoms with Gasteiger partial charge in [0, 0.05) is 10.8 Å². The van der Waals surface area contributed by atoms with Crippen LogP contribution in [0.1, 0.15) is 0 Å². The Morgan fingerprint density at radius 2 is 0.732 bits per heavy atom. The zero-order valence-corrected chi connectivity index (χ0v) is 35.4. The number of benzene rings is 8. The van der Waals surface area contributed by atoms with E-state index in [4.69, 9.17) is 4.42 Å². The smallest absolute Gasteiger partial charge is 0.139 e. The van der Waals surface area contributed by atoms with Crippen molar-refractivity contribution < 1.29 is 4.42 Å². The number of hydrogen-bond acceptors (Lipinski definition) is 1. The maximum Gasteiger partial charge on any atom is 0.139 e. The first-order chi connectivity index (χ1) is 26.7. The van der Waals surface area contributed by atoms with E-state index in [2.05, 4.69) is 181 Å². The Labute approximate surface area is 342 Å². The van der Waals surface area contributed by atoms with Gasteiger partial charge in [-0.15, -0.1) is 38.2 Å². The fraction of sp³-hybridized carbons (Fsp3) is 0. The van der Waals surface area contributed by atoms with E-state index < -0.39 is 0 Å². The predicted molar refractivity (Wildman–Crippen MR) is 289 cm³/mol. The van der Waals surface area contributed by atoms with Crippen molar-refractivity contribution in [2.24, 2.45) is 0 Å². The SMILES string of the molecule is Bc1c(B)c(B)c(-c2c3c(B)c(B)c(B)c(B)c3c(-c3ccc(-c4cccc5oc6cc7ccccc7cc6c45)cc3)c3c(B)c(B)c(B)c(B)c23)c(B)c1B. The summed E-state index contributed by atoms with van der Waals surface area (Å²) in [5.41, 5.74) is 27.7. The zero-order chi connectivity index (χ0) is 39.6. The van der Waals surface area contributed by atoms with Crippen molar-refractivity contribution in [2.75, 3.05) is 0 Å². The molecule has 252 valence electrons. The summed E-state index contributed by atoms with van der Waals surface area (Å²) < 4.78 is 6.49. The molecule has 0 N–H and O–H groups in total. The van der Waals surface area contributed by atoms with Crippen LogP contribution < -0.4 is 71.0 Å². The van der Waals surface area contributed by atoms with Gasteiger partial charge in [0.2, 0.25) is 0 Å². The summed E-state index contributed by atoms with van der Waals surface area (Å²) in [6.45, 7) is 0. The molecular formula is C42H39B13O. The van der Waals surface area contributed by atoms with Crippen LogP contribution in [0, 0.1) is 0 Å². The summed E-state index contributed by atoms with van der Waals surface area (Å²) >= 11 is 0. The minimum absolute atomic E-state index is 0.922. The second kappa shape index (κ2) is 13.1. The van der Waals surface area contributed by atoms with Crippen molar-refractivity contribution in [3.63, 3.8) is 0 Å². The molecule has 0 aliphatic heterocycles. The molecule has 9 rings (SSSR count). The van der Waals surface area contributed by atoms with Gasteiger partial charge in [-0.1, -0.05) is 93.4 Å². The first-order valence-electron chi connectivity index (χ1n) is 20.2. The number of fused-ring (bicyclic) bond motifs is 6. The molecule has 0 unspecified atom stereocenters. The predicted octanol–water partition coefficient (Wildman–Crippen LogP) is -10.6. The van der Waals surface area contributed by atoms with Crippen molar-refractivity contribution in [1.29, 1.82) is 0 Å². The van der Waals surface area contributed by atoms with Crippen LogP contribution in [0.3, 0.4) is 0 Å². The minimum atomic E-state index is 0.922. The van der Waals surface area contributed by atoms with Crippen molar-refractivity contribution >= 4 is 227 Å². The lowest BCUT2D eigenvalue weighted by molar-refractivity contribution is 0.669. The average molecular weight is 700 g/mol. The summed E-state index contributed by atoms with van der Waals surface area (Å²) in [6, 6.07) is 28.9. The molecule has 9 aromatic rings. The maximum absolute atomic E-state index is 6.49. The Balaban J connectivity index is 1.40. The Morgan fingerprint density at radius 1 is 0.304 bits per heavy atom. The lowest BCUT2D eigenvalue weighted by Gasteiger charge is -2.30. The summed E-state index contributed by atoms with van der Waals surface area (Å²) in [7, 11) is 30.4. The molecule has 0 saturated heterocycles. The summed E-state index contributed by atoms with van der Waals surface area (Å²) in [4.78, 5) is 0. The monoisotopic (exact) mass is 702 g/mol. The molecule has 8 aromatic carbocycles. The van der Waals surface area contributed by atoms with Crippen LogP contribution >= 0.6 is 0 Å². The Hall–Kier alpha value is -4.82. The summed E-state index contributed by atoms with van der Waals surface area (Å²) in [5, 5.41) is 10.3. The number of furan rings is 1. The van der Waals surface area contributed by atoms with Gasteiger partial charge in [-0.2, -0.15) is 0 Å². The highest BCUT2D eigenvalue weighted by Crippen LogP contribution is 2.42. The third-order valence-electron chi connectivity index (χ3n) is 14.5. The second-order valence-corrected chi connectivity index (χ2v) is 16.8. The molecule has 0 bridgehead atoms. The fourth-order valence-electron chi connectivity index (χ4n) is 10.1. The van der Waals surface area contributed by atoms with Crippen LogP contribution in [0.2, 0.25) is 0 Å². The van der Waals surface area contributed by atoms with Crippen molar-refractivity contribution in [3.8, 4) is 33.4 Å². The van der Waals surface area contributed by atoms with Crippen LogP contribution in [-0.2, 0) is 0 Å². The second-order valence-electron chi connectivity index (χ2n) is 16.8. The Morgan fingerprint density at radius 3 is 1.25 bits per heavy atom. The quantitative estimate of drug-likeness (QED) is 0.132. The van der Waals surface area contributed by atoms with E-state index in [1.165, 1.54) is 142 Å². The summed E-state index contributed by atoms with van der Waals surface area (Å²) in [5.74, 6) is 0. The number of hydrogen-bond donors (Lipinski definition) is 0. The largest absolute Gasteiger partial charge is 0.456 e. The minimum Gasteiger partial charge on any atom is -0.456 e. The fourth-order valence-corrected chi connectivity index (χ4v) is 10.1. The highest BCUT2D eigenvalue weighted by molar-refractivity contribution is 6.73. The third kappa shape index (κ3) is 5.06. The van der Waals surface area contributed by atoms with Crippen LogP contribution in [0.25, 0.3) is 87.6 Å². The van der Waals surface area contributed by atoms with Gasteiger partial charge >= 0.3 is 0 Å². The van der Waals surface area contributed by atoms with Crippen LogP contribution in [0.4, 0.5) is 0 Å². The van der Waals surface area contributed by atoms with E-state index in [0.717, 1.165) is 16.6 Å². The van der Waals surface area contributed by atoms with E-state index >= 15 is 0 Å². The van der Waals surface area contributed by atoms with Crippen LogP contribution in [-0.4, -0.2) is 102 Å². The van der Waals surface area contributed by atoms with Crippen molar-refractivity contribution in [1.82, 2.24) is 0 Å². The van der Waals surface area contributed by atoms with Gasteiger partial charge in [0.05, 0.1) is 0 Å². The van der Waals surface area contributed by atoms with Gasteiger partial charge in [-0.25, -0.2) is 0 Å². The molecule has 0 atom stereocenters. The molecule has 56 heavy (non-hydrogen) atoms. The van der Waals surface area contributed by atoms with Gasteiger partial charge < -0.3 is 4.42 Å². The standard InChI is InChI=1S/C42H39B13O/c43-30-25-22(15-10-8-14(9-11-15)18-6-3-7-20-23(18)19-12-16-4-1-2-5-17(16)13-21(19)56-20)26-28(33(46)39(52)37(50)31(26)44)24(27(25)32(45)38(51)36(30)49)29-34(47)40(53)42(55)41(54)35(29)48/h1-13H,43-55H2. The first kappa shape index (κ1) is 36.8. The molecular weight excluding hydrogens is 661 g/mol. The van der Waals surface area contributed by atoms with E-state index in [-0.39, 0.29) is 0 Å². The number of rotatable bonds is 3. The van der Waals surface area contributed by atoms with Crippen LogP contribution in [0.15, 0.2) is 83.3 Å². The van der Waals surface area contributed by atoms with Crippen molar-refractivity contribution in [2.45, 2.75) is 0 Å². The molecule has 0 saturated carbocycles. The van der Waals surface area contributed by atoms with Gasteiger partial charge in [0.25, 0.3) is 0 Å². The van der Waals surface area contributed by atoms with Gasteiger partial charge in [0.1, 0.15) is 113 Å². The van der Waals surface area contributed by atoms with E-state index in [9.17, 15) is 0 Å². The highest BCUT2D eigenvalue weighted by atomic mass is 16.3. The van der Waals surface area contributed by atoms with Crippen LogP contribution in [0.5, 0.6) is 0 Å². The lowest BCUT2D eigenvalue weighted by atomic mass is 9.56. The molecule has 14 heteroatoms. The molecule has 1 aromatic heterocycles. The van der Waals surface area contributed by atoms with Gasteiger partial charge in [-0.05, 0) is 83.9 Å². The topological polar surface area (TPSA) is 13.1 Å². The molecule has 0 fully saturated rings. The van der Waals surface area contributed by atoms with Crippen molar-refractivity contribution in [3.05, 3.63) is 78.9 Å². The molecule has 0 radical (unpaired) electrons. The highest BCUT2D eigenvalue weighted by Gasteiger charge is 2.27. The molecule has 0 aliphatic carbocycles. The third-order valence-corrected chi connectivity index (χ3v) is 14.5. The Kier molecular flexibility index (Phi) is 8.62.